The maximum Gasteiger partial charge on any atom is 0.338 e. The van der Waals surface area contributed by atoms with Crippen molar-refractivity contribution in [2.45, 2.75) is 52.4 Å². The summed E-state index contributed by atoms with van der Waals surface area (Å²) in [4.78, 5) is 11.6. The Hall–Kier alpha value is -1.31. The van der Waals surface area contributed by atoms with Crippen LogP contribution in [0.5, 0.6) is 0 Å². The molecule has 0 unspecified atom stereocenters. The topological polar surface area (TPSA) is 26.3 Å². The molecule has 1 aromatic carbocycles. The lowest BCUT2D eigenvalue weighted by molar-refractivity contribution is 0.0600. The molecule has 1 aliphatic carbocycles. The van der Waals surface area contributed by atoms with Crippen LogP contribution in [0.25, 0.3) is 0 Å². The highest BCUT2D eigenvalue weighted by Crippen LogP contribution is 2.42. The van der Waals surface area contributed by atoms with Gasteiger partial charge in [-0.25, -0.2) is 4.79 Å². The van der Waals surface area contributed by atoms with Crippen molar-refractivity contribution in [3.63, 3.8) is 0 Å². The van der Waals surface area contributed by atoms with Gasteiger partial charge in [0.2, 0.25) is 0 Å². The van der Waals surface area contributed by atoms with E-state index in [-0.39, 0.29) is 5.97 Å². The van der Waals surface area contributed by atoms with Gasteiger partial charge >= 0.3 is 5.97 Å². The number of ether oxygens (including phenoxy) is 1. The number of rotatable bonds is 2. The Morgan fingerprint density at radius 2 is 1.89 bits per heavy atom. The average molecular weight is 260 g/mol. The molecule has 0 bridgehead atoms. The molecule has 1 aromatic rings. The van der Waals surface area contributed by atoms with Crippen LogP contribution in [-0.2, 0) is 4.74 Å². The zero-order valence-corrected chi connectivity index (χ0v) is 12.5. The molecule has 104 valence electrons. The predicted molar refractivity (Wildman–Crippen MR) is 77.5 cm³/mol. The highest BCUT2D eigenvalue weighted by molar-refractivity contribution is 5.91. The minimum atomic E-state index is -0.242. The number of aryl methyl sites for hydroxylation is 1. The first-order valence-electron chi connectivity index (χ1n) is 7.12. The molecule has 2 nitrogen and oxygen atoms in total. The number of esters is 1. The first-order valence-corrected chi connectivity index (χ1v) is 7.12. The van der Waals surface area contributed by atoms with Crippen LogP contribution in [0, 0.1) is 12.3 Å². The Balaban J connectivity index is 2.15. The number of benzene rings is 1. The van der Waals surface area contributed by atoms with E-state index in [0.29, 0.717) is 16.9 Å². The predicted octanol–water partition coefficient (Wildman–Crippen LogP) is 4.47. The molecule has 0 saturated heterocycles. The Kier molecular flexibility index (Phi) is 3.98. The molecular weight excluding hydrogens is 236 g/mol. The molecule has 0 radical (unpaired) electrons. The van der Waals surface area contributed by atoms with E-state index in [9.17, 15) is 4.79 Å². The van der Waals surface area contributed by atoms with Gasteiger partial charge in [0.25, 0.3) is 0 Å². The average Bonchev–Trinajstić information content (AvgIpc) is 2.37. The van der Waals surface area contributed by atoms with Crippen LogP contribution in [0.4, 0.5) is 0 Å². The van der Waals surface area contributed by atoms with E-state index in [2.05, 4.69) is 26.0 Å². The second-order valence-electron chi connectivity index (χ2n) is 6.50. The summed E-state index contributed by atoms with van der Waals surface area (Å²) in [5.41, 5.74) is 3.58. The number of methoxy groups -OCH3 is 1. The fourth-order valence-electron chi connectivity index (χ4n) is 3.01. The maximum atomic E-state index is 11.6. The summed E-state index contributed by atoms with van der Waals surface area (Å²) in [6.45, 7) is 6.70. The van der Waals surface area contributed by atoms with Gasteiger partial charge in [0.15, 0.2) is 0 Å². The van der Waals surface area contributed by atoms with Crippen LogP contribution in [-0.4, -0.2) is 13.1 Å². The van der Waals surface area contributed by atoms with E-state index < -0.39 is 0 Å². The monoisotopic (exact) mass is 260 g/mol. The van der Waals surface area contributed by atoms with Crippen molar-refractivity contribution in [2.75, 3.05) is 7.11 Å². The van der Waals surface area contributed by atoms with Crippen LogP contribution in [0.2, 0.25) is 0 Å². The van der Waals surface area contributed by atoms with Crippen LogP contribution in [0.1, 0.15) is 66.9 Å². The Labute approximate surface area is 116 Å². The molecule has 2 rings (SSSR count). The summed E-state index contributed by atoms with van der Waals surface area (Å²) in [6, 6.07) is 6.17. The molecule has 19 heavy (non-hydrogen) atoms. The van der Waals surface area contributed by atoms with Crippen molar-refractivity contribution in [2.24, 2.45) is 5.41 Å². The van der Waals surface area contributed by atoms with Gasteiger partial charge in [-0.1, -0.05) is 26.0 Å². The van der Waals surface area contributed by atoms with Crippen LogP contribution in [0.15, 0.2) is 18.2 Å². The Morgan fingerprint density at radius 3 is 2.42 bits per heavy atom. The van der Waals surface area contributed by atoms with E-state index in [0.717, 1.165) is 5.56 Å². The first-order chi connectivity index (χ1) is 8.93. The van der Waals surface area contributed by atoms with E-state index in [1.807, 2.05) is 13.0 Å². The van der Waals surface area contributed by atoms with Gasteiger partial charge in [-0.15, -0.1) is 0 Å². The lowest BCUT2D eigenvalue weighted by atomic mass is 9.71. The standard InChI is InChI=1S/C17H24O2/c1-12-11-14(5-6-15(12)16(18)19-4)13-7-9-17(2,3)10-8-13/h5-6,11,13H,7-10H2,1-4H3. The number of hydrogen-bond acceptors (Lipinski definition) is 2. The molecule has 0 amide bonds. The van der Waals surface area contributed by atoms with Gasteiger partial charge in [-0.2, -0.15) is 0 Å². The molecule has 0 aromatic heterocycles. The normalized spacial score (nSPS) is 19.2. The second kappa shape index (κ2) is 5.36. The van der Waals surface area contributed by atoms with Gasteiger partial charge in [0.05, 0.1) is 12.7 Å². The Bertz CT molecular complexity index is 464. The lowest BCUT2D eigenvalue weighted by Gasteiger charge is -2.34. The van der Waals surface area contributed by atoms with Gasteiger partial charge in [-0.05, 0) is 61.1 Å². The minimum absolute atomic E-state index is 0.242. The smallest absolute Gasteiger partial charge is 0.338 e. The quantitative estimate of drug-likeness (QED) is 0.734. The van der Waals surface area contributed by atoms with Crippen molar-refractivity contribution in [1.82, 2.24) is 0 Å². The molecule has 1 aliphatic rings. The summed E-state index contributed by atoms with van der Waals surface area (Å²) < 4.78 is 4.79. The molecule has 1 fully saturated rings. The van der Waals surface area contributed by atoms with Crippen LogP contribution in [0.3, 0.4) is 0 Å². The van der Waals surface area contributed by atoms with E-state index in [1.54, 1.807) is 0 Å². The summed E-state index contributed by atoms with van der Waals surface area (Å²) in [7, 11) is 1.43. The van der Waals surface area contributed by atoms with Crippen molar-refractivity contribution in [3.05, 3.63) is 34.9 Å². The summed E-state index contributed by atoms with van der Waals surface area (Å²) in [6.07, 6.45) is 5.08. The van der Waals surface area contributed by atoms with Crippen LogP contribution < -0.4 is 0 Å². The molecule has 0 spiro atoms. The second-order valence-corrected chi connectivity index (χ2v) is 6.50. The Morgan fingerprint density at radius 1 is 1.26 bits per heavy atom. The third-order valence-corrected chi connectivity index (χ3v) is 4.47. The van der Waals surface area contributed by atoms with Gasteiger partial charge < -0.3 is 4.74 Å². The highest BCUT2D eigenvalue weighted by Gasteiger charge is 2.27. The molecule has 1 saturated carbocycles. The molecule has 0 N–H and O–H groups in total. The van der Waals surface area contributed by atoms with Gasteiger partial charge in [0, 0.05) is 0 Å². The maximum absolute atomic E-state index is 11.6. The van der Waals surface area contributed by atoms with E-state index in [1.165, 1.54) is 38.4 Å². The zero-order valence-electron chi connectivity index (χ0n) is 12.5. The third kappa shape index (κ3) is 3.17. The third-order valence-electron chi connectivity index (χ3n) is 4.47. The number of carbonyl (C=O) groups is 1. The fourth-order valence-corrected chi connectivity index (χ4v) is 3.01. The minimum Gasteiger partial charge on any atom is -0.465 e. The number of hydrogen-bond donors (Lipinski definition) is 0. The van der Waals surface area contributed by atoms with E-state index in [4.69, 9.17) is 4.74 Å². The largest absolute Gasteiger partial charge is 0.465 e. The van der Waals surface area contributed by atoms with E-state index >= 15 is 0 Å². The molecule has 2 heteroatoms. The molecule has 0 aliphatic heterocycles. The summed E-state index contributed by atoms with van der Waals surface area (Å²) in [5, 5.41) is 0. The zero-order chi connectivity index (χ0) is 14.0. The van der Waals surface area contributed by atoms with Crippen molar-refractivity contribution < 1.29 is 9.53 Å². The fraction of sp³-hybridized carbons (Fsp3) is 0.588. The number of carbonyl (C=O) groups excluding carboxylic acids is 1. The highest BCUT2D eigenvalue weighted by atomic mass is 16.5. The van der Waals surface area contributed by atoms with Crippen molar-refractivity contribution in [3.8, 4) is 0 Å². The molecular formula is C17H24O2. The lowest BCUT2D eigenvalue weighted by Crippen LogP contribution is -2.20. The van der Waals surface area contributed by atoms with Gasteiger partial charge in [0.1, 0.15) is 0 Å². The van der Waals surface area contributed by atoms with Crippen molar-refractivity contribution >= 4 is 5.97 Å². The first kappa shape index (κ1) is 14.1. The van der Waals surface area contributed by atoms with Gasteiger partial charge in [-0.3, -0.25) is 0 Å². The summed E-state index contributed by atoms with van der Waals surface area (Å²) >= 11 is 0. The SMILES string of the molecule is COC(=O)c1ccc(C2CCC(C)(C)CC2)cc1C. The molecule has 0 heterocycles. The van der Waals surface area contributed by atoms with Crippen molar-refractivity contribution in [1.29, 1.82) is 0 Å². The van der Waals surface area contributed by atoms with Crippen LogP contribution >= 0.6 is 0 Å². The summed E-state index contributed by atoms with van der Waals surface area (Å²) in [5.74, 6) is 0.409. The molecule has 0 atom stereocenters.